The van der Waals surface area contributed by atoms with Gasteiger partial charge in [0.15, 0.2) is 5.82 Å². The Morgan fingerprint density at radius 1 is 1.67 bits per heavy atom. The first-order valence-corrected chi connectivity index (χ1v) is 6.19. The van der Waals surface area contributed by atoms with Crippen molar-refractivity contribution in [1.29, 1.82) is 0 Å². The molecular formula is C10H14IN3O. The maximum absolute atomic E-state index is 5.76. The zero-order valence-electron chi connectivity index (χ0n) is 8.61. The highest BCUT2D eigenvalue weighted by Crippen LogP contribution is 2.42. The molecule has 0 spiro atoms. The maximum atomic E-state index is 5.76. The van der Waals surface area contributed by atoms with E-state index in [4.69, 9.17) is 10.5 Å². The Bertz CT molecular complexity index is 355. The van der Waals surface area contributed by atoms with Crippen LogP contribution in [0.25, 0.3) is 0 Å². The lowest BCUT2D eigenvalue weighted by molar-refractivity contribution is 0.0401. The molecule has 0 saturated heterocycles. The number of halogens is 1. The molecule has 1 aliphatic rings. The van der Waals surface area contributed by atoms with E-state index in [-0.39, 0.29) is 6.10 Å². The minimum atomic E-state index is 0.0364. The highest BCUT2D eigenvalue weighted by atomic mass is 127. The van der Waals surface area contributed by atoms with E-state index in [0.717, 1.165) is 9.39 Å². The van der Waals surface area contributed by atoms with E-state index in [0.29, 0.717) is 18.3 Å². The molecule has 1 saturated carbocycles. The van der Waals surface area contributed by atoms with Crippen molar-refractivity contribution < 1.29 is 4.74 Å². The third kappa shape index (κ3) is 2.57. The van der Waals surface area contributed by atoms with E-state index in [9.17, 15) is 0 Å². The number of rotatable bonds is 4. The van der Waals surface area contributed by atoms with Gasteiger partial charge in [-0.15, -0.1) is 0 Å². The van der Waals surface area contributed by atoms with Crippen LogP contribution >= 0.6 is 22.6 Å². The van der Waals surface area contributed by atoms with Crippen LogP contribution in [-0.2, 0) is 4.74 Å². The Kier molecular flexibility index (Phi) is 3.40. The van der Waals surface area contributed by atoms with Gasteiger partial charge in [0.25, 0.3) is 0 Å². The van der Waals surface area contributed by atoms with E-state index >= 15 is 0 Å². The summed E-state index contributed by atoms with van der Waals surface area (Å²) in [5, 5.41) is 0. The van der Waals surface area contributed by atoms with Crippen molar-refractivity contribution in [3.8, 4) is 0 Å². The Morgan fingerprint density at radius 2 is 2.40 bits per heavy atom. The summed E-state index contributed by atoms with van der Waals surface area (Å²) in [4.78, 5) is 8.58. The van der Waals surface area contributed by atoms with Crippen molar-refractivity contribution in [1.82, 2.24) is 9.97 Å². The average molecular weight is 319 g/mol. The third-order valence-corrected chi connectivity index (χ3v) is 3.27. The van der Waals surface area contributed by atoms with Crippen molar-refractivity contribution in [2.75, 3.05) is 12.3 Å². The molecule has 5 heteroatoms. The Balaban J connectivity index is 2.21. The molecule has 0 bridgehead atoms. The van der Waals surface area contributed by atoms with Crippen molar-refractivity contribution >= 4 is 28.4 Å². The molecule has 1 aliphatic carbocycles. The SMILES string of the molecule is CCOC(c1ncc(I)c(N)n1)C1CC1. The van der Waals surface area contributed by atoms with E-state index in [1.807, 2.05) is 6.92 Å². The number of ether oxygens (including phenoxy) is 1. The van der Waals surface area contributed by atoms with E-state index in [1.54, 1.807) is 6.20 Å². The van der Waals surface area contributed by atoms with Crippen molar-refractivity contribution in [2.45, 2.75) is 25.9 Å². The minimum Gasteiger partial charge on any atom is -0.383 e. The fourth-order valence-electron chi connectivity index (χ4n) is 1.53. The molecule has 1 unspecified atom stereocenters. The summed E-state index contributed by atoms with van der Waals surface area (Å²) in [6.07, 6.45) is 4.21. The molecule has 15 heavy (non-hydrogen) atoms. The molecule has 0 aliphatic heterocycles. The van der Waals surface area contributed by atoms with Crippen LogP contribution in [0.4, 0.5) is 5.82 Å². The molecule has 1 fully saturated rings. The number of hydrogen-bond donors (Lipinski definition) is 1. The monoisotopic (exact) mass is 319 g/mol. The van der Waals surface area contributed by atoms with Crippen LogP contribution < -0.4 is 5.73 Å². The first-order chi connectivity index (χ1) is 7.22. The smallest absolute Gasteiger partial charge is 0.159 e. The highest BCUT2D eigenvalue weighted by molar-refractivity contribution is 14.1. The van der Waals surface area contributed by atoms with Crippen LogP contribution in [0.1, 0.15) is 31.7 Å². The second kappa shape index (κ2) is 4.61. The van der Waals surface area contributed by atoms with Crippen LogP contribution in [0.15, 0.2) is 6.20 Å². The normalized spacial score (nSPS) is 17.7. The van der Waals surface area contributed by atoms with Gasteiger partial charge in [-0.3, -0.25) is 0 Å². The second-order valence-electron chi connectivity index (χ2n) is 3.67. The van der Waals surface area contributed by atoms with Gasteiger partial charge in [0, 0.05) is 12.8 Å². The van der Waals surface area contributed by atoms with E-state index < -0.39 is 0 Å². The van der Waals surface area contributed by atoms with Crippen LogP contribution in [0.2, 0.25) is 0 Å². The molecule has 1 atom stereocenters. The topological polar surface area (TPSA) is 61.0 Å². The molecule has 2 rings (SSSR count). The van der Waals surface area contributed by atoms with Crippen LogP contribution in [-0.4, -0.2) is 16.6 Å². The van der Waals surface area contributed by atoms with Gasteiger partial charge in [-0.25, -0.2) is 9.97 Å². The molecular weight excluding hydrogens is 305 g/mol. The molecule has 1 aromatic heterocycles. The Hall–Kier alpha value is -0.430. The van der Waals surface area contributed by atoms with Crippen molar-refractivity contribution in [2.24, 2.45) is 5.92 Å². The molecule has 0 radical (unpaired) electrons. The summed E-state index contributed by atoms with van der Waals surface area (Å²) in [6.45, 7) is 2.68. The van der Waals surface area contributed by atoms with Gasteiger partial charge in [-0.1, -0.05) is 0 Å². The predicted molar refractivity (Wildman–Crippen MR) is 66.3 cm³/mol. The lowest BCUT2D eigenvalue weighted by Gasteiger charge is -2.15. The zero-order valence-corrected chi connectivity index (χ0v) is 10.8. The number of anilines is 1. The second-order valence-corrected chi connectivity index (χ2v) is 4.84. The minimum absolute atomic E-state index is 0.0364. The first kappa shape index (κ1) is 11.1. The molecule has 82 valence electrons. The predicted octanol–water partition coefficient (Wildman–Crippen LogP) is 2.15. The standard InChI is InChI=1S/C10H14IN3O/c1-2-15-8(6-3-4-6)10-13-5-7(11)9(12)14-10/h5-6,8H,2-4H2,1H3,(H2,12,13,14). The van der Waals surface area contributed by atoms with E-state index in [2.05, 4.69) is 32.6 Å². The quantitative estimate of drug-likeness (QED) is 0.864. The van der Waals surface area contributed by atoms with Gasteiger partial charge in [0.2, 0.25) is 0 Å². The van der Waals surface area contributed by atoms with Crippen molar-refractivity contribution in [3.63, 3.8) is 0 Å². The fraction of sp³-hybridized carbons (Fsp3) is 0.600. The van der Waals surface area contributed by atoms with E-state index in [1.165, 1.54) is 12.8 Å². The summed E-state index contributed by atoms with van der Waals surface area (Å²) in [5.41, 5.74) is 5.76. The van der Waals surface area contributed by atoms with Gasteiger partial charge < -0.3 is 10.5 Å². The van der Waals surface area contributed by atoms with Gasteiger partial charge in [-0.2, -0.15) is 0 Å². The van der Waals surface area contributed by atoms with Crippen LogP contribution in [0, 0.1) is 9.49 Å². The highest BCUT2D eigenvalue weighted by Gasteiger charge is 2.34. The zero-order chi connectivity index (χ0) is 10.8. The van der Waals surface area contributed by atoms with Gasteiger partial charge in [0.05, 0.1) is 3.57 Å². The Morgan fingerprint density at radius 3 is 2.93 bits per heavy atom. The number of hydrogen-bond acceptors (Lipinski definition) is 4. The molecule has 1 heterocycles. The summed E-state index contributed by atoms with van der Waals surface area (Å²) in [6, 6.07) is 0. The van der Waals surface area contributed by atoms with Crippen LogP contribution in [0.5, 0.6) is 0 Å². The van der Waals surface area contributed by atoms with Gasteiger partial charge in [0.1, 0.15) is 11.9 Å². The van der Waals surface area contributed by atoms with Crippen LogP contribution in [0.3, 0.4) is 0 Å². The summed E-state index contributed by atoms with van der Waals surface area (Å²) in [5.74, 6) is 1.87. The molecule has 2 N–H and O–H groups in total. The number of nitrogens with two attached hydrogens (primary N) is 1. The molecule has 0 aromatic carbocycles. The number of aromatic nitrogens is 2. The third-order valence-electron chi connectivity index (χ3n) is 2.44. The summed E-state index contributed by atoms with van der Waals surface area (Å²) in [7, 11) is 0. The number of nitrogens with zero attached hydrogens (tertiary/aromatic N) is 2. The molecule has 1 aromatic rings. The largest absolute Gasteiger partial charge is 0.383 e. The summed E-state index contributed by atoms with van der Waals surface area (Å²) >= 11 is 2.13. The number of nitrogen functional groups attached to an aromatic ring is 1. The van der Waals surface area contributed by atoms with Gasteiger partial charge in [-0.05, 0) is 48.3 Å². The van der Waals surface area contributed by atoms with Gasteiger partial charge >= 0.3 is 0 Å². The first-order valence-electron chi connectivity index (χ1n) is 5.12. The summed E-state index contributed by atoms with van der Waals surface area (Å²) < 4.78 is 6.55. The average Bonchev–Trinajstić information content (AvgIpc) is 3.02. The van der Waals surface area contributed by atoms with Crippen molar-refractivity contribution in [3.05, 3.63) is 15.6 Å². The molecule has 4 nitrogen and oxygen atoms in total. The molecule has 0 amide bonds. The lowest BCUT2D eigenvalue weighted by Crippen LogP contribution is -2.12. The fourth-order valence-corrected chi connectivity index (χ4v) is 1.79. The maximum Gasteiger partial charge on any atom is 0.159 e. The lowest BCUT2D eigenvalue weighted by atomic mass is 10.2. The Labute approximate surface area is 103 Å².